The highest BCUT2D eigenvalue weighted by Crippen LogP contribution is 2.43. The first-order valence-electron chi connectivity index (χ1n) is 11.6. The normalized spacial score (nSPS) is 12.7. The van der Waals surface area contributed by atoms with Gasteiger partial charge in [0.15, 0.2) is 0 Å². The molecule has 3 aromatic heterocycles. The predicted octanol–water partition coefficient (Wildman–Crippen LogP) is 8.30. The second-order valence-corrected chi connectivity index (χ2v) is 11.9. The first kappa shape index (κ1) is 20.1. The number of hydrogen-bond acceptors (Lipinski definition) is 4. The predicted molar refractivity (Wildman–Crippen MR) is 149 cm³/mol. The quantitative estimate of drug-likeness (QED) is 0.238. The monoisotopic (exact) mass is 503 g/mol. The number of thiophene rings is 1. The van der Waals surface area contributed by atoms with Gasteiger partial charge in [-0.2, -0.15) is 0 Å². The largest absolute Gasteiger partial charge is 0.456 e. The van der Waals surface area contributed by atoms with E-state index in [2.05, 4.69) is 24.3 Å². The highest BCUT2D eigenvalue weighted by Gasteiger charge is 2.24. The Bertz CT molecular complexity index is 2270. The summed E-state index contributed by atoms with van der Waals surface area (Å²) in [7, 11) is -3.79. The molecule has 4 nitrogen and oxygen atoms in total. The molecular weight excluding hydrogens is 486 g/mol. The van der Waals surface area contributed by atoms with Gasteiger partial charge in [0.1, 0.15) is 11.2 Å². The van der Waals surface area contributed by atoms with Crippen LogP contribution < -0.4 is 0 Å². The highest BCUT2D eigenvalue weighted by molar-refractivity contribution is 7.90. The molecule has 0 bridgehead atoms. The zero-order valence-electron chi connectivity index (χ0n) is 18.8. The molecule has 0 unspecified atom stereocenters. The van der Waals surface area contributed by atoms with E-state index >= 15 is 0 Å². The Labute approximate surface area is 209 Å². The van der Waals surface area contributed by atoms with Crippen LogP contribution in [-0.4, -0.2) is 12.4 Å². The molecule has 0 amide bonds. The molecule has 0 saturated heterocycles. The molecule has 6 heteroatoms. The van der Waals surface area contributed by atoms with Gasteiger partial charge < -0.3 is 4.42 Å². The Morgan fingerprint density at radius 2 is 1.25 bits per heavy atom. The summed E-state index contributed by atoms with van der Waals surface area (Å²) in [6.07, 6.45) is 0. The molecule has 0 spiro atoms. The van der Waals surface area contributed by atoms with Gasteiger partial charge in [0.25, 0.3) is 10.0 Å². The maximum atomic E-state index is 13.8. The summed E-state index contributed by atoms with van der Waals surface area (Å²) < 4.78 is 37.5. The van der Waals surface area contributed by atoms with Gasteiger partial charge in [-0.05, 0) is 48.5 Å². The second-order valence-electron chi connectivity index (χ2n) is 9.01. The van der Waals surface area contributed by atoms with E-state index in [1.807, 2.05) is 54.6 Å². The van der Waals surface area contributed by atoms with Crippen LogP contribution in [-0.2, 0) is 10.0 Å². The van der Waals surface area contributed by atoms with E-state index in [0.29, 0.717) is 11.0 Å². The molecule has 0 N–H and O–H groups in total. The highest BCUT2D eigenvalue weighted by atomic mass is 32.2. The number of benzene rings is 5. The summed E-state index contributed by atoms with van der Waals surface area (Å²) in [6.45, 7) is 0. The van der Waals surface area contributed by atoms with Crippen molar-refractivity contribution in [2.45, 2.75) is 4.90 Å². The van der Waals surface area contributed by atoms with Crippen molar-refractivity contribution >= 4 is 85.3 Å². The number of fused-ring (bicyclic) bond motifs is 9. The molecule has 0 aliphatic carbocycles. The fourth-order valence-corrected chi connectivity index (χ4v) is 8.06. The molecule has 3 heterocycles. The SMILES string of the molecule is O=S(=O)(c1ccccc1)n1c2ccccc2c2cc3c(cc21)sc1cc2c(cc13)oc1ccccc12. The lowest BCUT2D eigenvalue weighted by Crippen LogP contribution is -2.12. The van der Waals surface area contributed by atoms with Crippen molar-refractivity contribution in [2.75, 3.05) is 0 Å². The average Bonchev–Trinajstić information content (AvgIpc) is 3.55. The van der Waals surface area contributed by atoms with E-state index in [-0.39, 0.29) is 4.90 Å². The standard InChI is InChI=1S/C30H17NO3S2/c32-36(33,18-8-2-1-3-9-18)31-25-12-6-4-10-19(25)21-14-23-24-15-28-22(20-11-5-7-13-27(20)34-28)16-29(24)35-30(23)17-26(21)31/h1-17H. The van der Waals surface area contributed by atoms with Crippen molar-refractivity contribution in [3.05, 3.63) is 103 Å². The minimum absolute atomic E-state index is 0.274. The van der Waals surface area contributed by atoms with Gasteiger partial charge in [0, 0.05) is 41.7 Å². The van der Waals surface area contributed by atoms with Gasteiger partial charge in [-0.1, -0.05) is 54.6 Å². The molecule has 0 aliphatic rings. The summed E-state index contributed by atoms with van der Waals surface area (Å²) in [4.78, 5) is 0.274. The van der Waals surface area contributed by atoms with E-state index < -0.39 is 10.0 Å². The first-order valence-corrected chi connectivity index (χ1v) is 13.9. The number of furan rings is 1. The molecule has 0 fully saturated rings. The Morgan fingerprint density at radius 3 is 2.11 bits per heavy atom. The lowest BCUT2D eigenvalue weighted by Gasteiger charge is -2.09. The summed E-state index contributed by atoms with van der Waals surface area (Å²) >= 11 is 1.68. The minimum Gasteiger partial charge on any atom is -0.456 e. The minimum atomic E-state index is -3.79. The Kier molecular flexibility index (Phi) is 3.89. The lowest BCUT2D eigenvalue weighted by molar-refractivity contribution is 0.590. The van der Waals surface area contributed by atoms with Crippen LogP contribution in [0.25, 0.3) is 63.9 Å². The van der Waals surface area contributed by atoms with Crippen molar-refractivity contribution in [3.8, 4) is 0 Å². The molecule has 8 aromatic rings. The van der Waals surface area contributed by atoms with Gasteiger partial charge in [-0.25, -0.2) is 12.4 Å². The third-order valence-corrected chi connectivity index (χ3v) is 9.86. The van der Waals surface area contributed by atoms with Crippen LogP contribution in [0, 0.1) is 0 Å². The van der Waals surface area contributed by atoms with Crippen molar-refractivity contribution in [3.63, 3.8) is 0 Å². The average molecular weight is 504 g/mol. The molecule has 0 aliphatic heterocycles. The van der Waals surface area contributed by atoms with Crippen LogP contribution in [0.15, 0.2) is 112 Å². The summed E-state index contributed by atoms with van der Waals surface area (Å²) in [6, 6.07) is 32.9. The van der Waals surface area contributed by atoms with Crippen LogP contribution in [0.1, 0.15) is 0 Å². The maximum Gasteiger partial charge on any atom is 0.268 e. The number of rotatable bonds is 2. The topological polar surface area (TPSA) is 52.2 Å². The Morgan fingerprint density at radius 1 is 0.556 bits per heavy atom. The van der Waals surface area contributed by atoms with Crippen LogP contribution in [0.4, 0.5) is 0 Å². The van der Waals surface area contributed by atoms with Crippen LogP contribution in [0.2, 0.25) is 0 Å². The third-order valence-electron chi connectivity index (χ3n) is 7.00. The zero-order valence-corrected chi connectivity index (χ0v) is 20.4. The van der Waals surface area contributed by atoms with E-state index in [4.69, 9.17) is 4.42 Å². The smallest absolute Gasteiger partial charge is 0.268 e. The number of hydrogen-bond donors (Lipinski definition) is 0. The fourth-order valence-electron chi connectivity index (χ4n) is 5.38. The fraction of sp³-hybridized carbons (Fsp3) is 0. The van der Waals surface area contributed by atoms with E-state index in [9.17, 15) is 8.42 Å². The maximum absolute atomic E-state index is 13.8. The number of aromatic nitrogens is 1. The number of para-hydroxylation sites is 2. The van der Waals surface area contributed by atoms with Gasteiger partial charge >= 0.3 is 0 Å². The molecule has 0 radical (unpaired) electrons. The van der Waals surface area contributed by atoms with Gasteiger partial charge in [0.2, 0.25) is 0 Å². The van der Waals surface area contributed by atoms with E-state index in [1.54, 1.807) is 35.6 Å². The van der Waals surface area contributed by atoms with Crippen molar-refractivity contribution < 1.29 is 12.8 Å². The van der Waals surface area contributed by atoms with Crippen molar-refractivity contribution in [2.24, 2.45) is 0 Å². The molecule has 8 rings (SSSR count). The first-order chi connectivity index (χ1) is 17.6. The molecule has 0 atom stereocenters. The molecule has 0 saturated carbocycles. The zero-order chi connectivity index (χ0) is 24.0. The van der Waals surface area contributed by atoms with Crippen LogP contribution in [0.3, 0.4) is 0 Å². The van der Waals surface area contributed by atoms with Gasteiger partial charge in [-0.3, -0.25) is 0 Å². The van der Waals surface area contributed by atoms with Crippen molar-refractivity contribution in [1.82, 2.24) is 3.97 Å². The molecular formula is C30H17NO3S2. The third kappa shape index (κ3) is 2.60. The number of nitrogens with zero attached hydrogens (tertiary/aromatic N) is 1. The Hall–Kier alpha value is -4.13. The Balaban J connectivity index is 1.50. The van der Waals surface area contributed by atoms with E-state index in [0.717, 1.165) is 52.9 Å². The summed E-state index contributed by atoms with van der Waals surface area (Å²) in [5.41, 5.74) is 3.11. The van der Waals surface area contributed by atoms with Gasteiger partial charge in [-0.15, -0.1) is 11.3 Å². The molecule has 36 heavy (non-hydrogen) atoms. The molecule has 5 aromatic carbocycles. The van der Waals surface area contributed by atoms with Crippen molar-refractivity contribution in [1.29, 1.82) is 0 Å². The van der Waals surface area contributed by atoms with Gasteiger partial charge in [0.05, 0.1) is 15.9 Å². The summed E-state index contributed by atoms with van der Waals surface area (Å²) in [5, 5.41) is 6.25. The van der Waals surface area contributed by atoms with Crippen LogP contribution in [0.5, 0.6) is 0 Å². The van der Waals surface area contributed by atoms with Crippen LogP contribution >= 0.6 is 11.3 Å². The molecule has 172 valence electrons. The lowest BCUT2D eigenvalue weighted by atomic mass is 10.1. The second kappa shape index (κ2) is 6.97. The van der Waals surface area contributed by atoms with E-state index in [1.165, 1.54) is 3.97 Å². The summed E-state index contributed by atoms with van der Waals surface area (Å²) in [5.74, 6) is 0.